The van der Waals surface area contributed by atoms with Gasteiger partial charge in [-0.2, -0.15) is 8.78 Å². The second-order valence-electron chi connectivity index (χ2n) is 5.85. The van der Waals surface area contributed by atoms with Gasteiger partial charge in [0.15, 0.2) is 0 Å². The van der Waals surface area contributed by atoms with Crippen LogP contribution in [0.15, 0.2) is 29.2 Å². The highest BCUT2D eigenvalue weighted by molar-refractivity contribution is 7.99. The molecule has 0 aliphatic carbocycles. The van der Waals surface area contributed by atoms with Crippen LogP contribution in [0.25, 0.3) is 0 Å². The number of benzene rings is 1. The molecule has 24 heavy (non-hydrogen) atoms. The zero-order chi connectivity index (χ0) is 16.2. The minimum atomic E-state index is -2.52. The lowest BCUT2D eigenvalue weighted by molar-refractivity contribution is 0.0770. The summed E-state index contributed by atoms with van der Waals surface area (Å²) in [6.45, 7) is 5.36. The van der Waals surface area contributed by atoms with E-state index in [4.69, 9.17) is 0 Å². The van der Waals surface area contributed by atoms with Crippen LogP contribution in [0.2, 0.25) is 0 Å². The summed E-state index contributed by atoms with van der Waals surface area (Å²) in [7, 11) is 0. The molecule has 2 heterocycles. The molecule has 2 saturated heterocycles. The lowest BCUT2D eigenvalue weighted by Gasteiger charge is -2.32. The van der Waals surface area contributed by atoms with E-state index < -0.39 is 5.76 Å². The van der Waals surface area contributed by atoms with Crippen molar-refractivity contribution in [3.05, 3.63) is 29.8 Å². The van der Waals surface area contributed by atoms with E-state index in [0.29, 0.717) is 41.4 Å². The first-order valence-corrected chi connectivity index (χ1v) is 8.81. The van der Waals surface area contributed by atoms with Gasteiger partial charge in [0.1, 0.15) is 0 Å². The number of hydrogen-bond donors (Lipinski definition) is 1. The van der Waals surface area contributed by atoms with E-state index in [0.717, 1.165) is 32.6 Å². The van der Waals surface area contributed by atoms with Gasteiger partial charge in [-0.25, -0.2) is 0 Å². The number of likely N-dealkylation sites (tertiary alicyclic amines) is 1. The molecule has 8 heteroatoms. The maximum absolute atomic E-state index is 12.7. The Morgan fingerprint density at radius 3 is 2.62 bits per heavy atom. The highest BCUT2D eigenvalue weighted by Crippen LogP contribution is 2.30. The Morgan fingerprint density at radius 1 is 1.21 bits per heavy atom. The Hall–Kier alpha value is -0.890. The van der Waals surface area contributed by atoms with E-state index in [2.05, 4.69) is 10.2 Å². The maximum Gasteiger partial charge on any atom is 0.288 e. The van der Waals surface area contributed by atoms with Gasteiger partial charge in [0, 0.05) is 50.2 Å². The molecule has 3 rings (SSSR count). The number of nitrogens with zero attached hydrogens (tertiary/aromatic N) is 2. The Balaban J connectivity index is 0.00000208. The van der Waals surface area contributed by atoms with Crippen molar-refractivity contribution >= 4 is 30.1 Å². The van der Waals surface area contributed by atoms with E-state index in [-0.39, 0.29) is 18.3 Å². The minimum absolute atomic E-state index is 0. The largest absolute Gasteiger partial charge is 0.337 e. The summed E-state index contributed by atoms with van der Waals surface area (Å²) < 4.78 is 25.3. The van der Waals surface area contributed by atoms with Crippen LogP contribution in [0.4, 0.5) is 8.78 Å². The summed E-state index contributed by atoms with van der Waals surface area (Å²) in [6, 6.07) is 7.04. The average Bonchev–Trinajstić information content (AvgIpc) is 3.05. The summed E-state index contributed by atoms with van der Waals surface area (Å²) in [4.78, 5) is 17.3. The summed E-state index contributed by atoms with van der Waals surface area (Å²) in [6.07, 6.45) is 0.954. The topological polar surface area (TPSA) is 35.6 Å². The van der Waals surface area contributed by atoms with Crippen molar-refractivity contribution in [1.29, 1.82) is 0 Å². The number of halogens is 3. The average molecular weight is 378 g/mol. The van der Waals surface area contributed by atoms with Gasteiger partial charge in [0.2, 0.25) is 0 Å². The fourth-order valence-corrected chi connectivity index (χ4v) is 3.92. The van der Waals surface area contributed by atoms with Crippen molar-refractivity contribution in [1.82, 2.24) is 15.1 Å². The van der Waals surface area contributed by atoms with Gasteiger partial charge < -0.3 is 10.2 Å². The van der Waals surface area contributed by atoms with Crippen molar-refractivity contribution in [3.8, 4) is 0 Å². The van der Waals surface area contributed by atoms with Gasteiger partial charge in [-0.1, -0.05) is 23.9 Å². The lowest BCUT2D eigenvalue weighted by atomic mass is 10.2. The molecule has 1 aromatic carbocycles. The predicted octanol–water partition coefficient (Wildman–Crippen LogP) is 2.54. The SMILES string of the molecule is Cl.O=C(c1ccccc1SC(F)F)N1CCC(N2CCNCC2)C1. The molecule has 0 saturated carbocycles. The van der Waals surface area contributed by atoms with E-state index in [1.165, 1.54) is 0 Å². The van der Waals surface area contributed by atoms with Crippen LogP contribution >= 0.6 is 24.2 Å². The second-order valence-corrected chi connectivity index (χ2v) is 6.89. The van der Waals surface area contributed by atoms with Crippen molar-refractivity contribution in [2.75, 3.05) is 39.3 Å². The highest BCUT2D eigenvalue weighted by atomic mass is 35.5. The van der Waals surface area contributed by atoms with Gasteiger partial charge in [0.05, 0.1) is 5.56 Å². The normalized spacial score (nSPS) is 21.8. The summed E-state index contributed by atoms with van der Waals surface area (Å²) in [5.74, 6) is -2.65. The second kappa shape index (κ2) is 8.99. The Bertz CT molecular complexity index is 558. The predicted molar refractivity (Wildman–Crippen MR) is 94.3 cm³/mol. The summed E-state index contributed by atoms with van der Waals surface area (Å²) in [5.41, 5.74) is 0.388. The lowest BCUT2D eigenvalue weighted by Crippen LogP contribution is -2.49. The number of thioether (sulfide) groups is 1. The molecule has 134 valence electrons. The molecule has 2 aliphatic rings. The molecule has 2 fully saturated rings. The van der Waals surface area contributed by atoms with Crippen molar-refractivity contribution in [2.45, 2.75) is 23.1 Å². The number of carbonyl (C=O) groups is 1. The smallest absolute Gasteiger partial charge is 0.288 e. The highest BCUT2D eigenvalue weighted by Gasteiger charge is 2.32. The Kier molecular flexibility index (Phi) is 7.28. The van der Waals surface area contributed by atoms with Gasteiger partial charge in [-0.3, -0.25) is 9.69 Å². The van der Waals surface area contributed by atoms with Crippen molar-refractivity contribution in [2.24, 2.45) is 0 Å². The minimum Gasteiger partial charge on any atom is -0.337 e. The van der Waals surface area contributed by atoms with Gasteiger partial charge >= 0.3 is 0 Å². The molecule has 0 spiro atoms. The van der Waals surface area contributed by atoms with Crippen LogP contribution in [0, 0.1) is 0 Å². The molecule has 1 amide bonds. The zero-order valence-electron chi connectivity index (χ0n) is 13.3. The quantitative estimate of drug-likeness (QED) is 0.818. The molecule has 2 aliphatic heterocycles. The number of nitrogens with one attached hydrogen (secondary N) is 1. The molecular weight excluding hydrogens is 356 g/mol. The third kappa shape index (κ3) is 4.59. The number of hydrogen-bond acceptors (Lipinski definition) is 4. The molecule has 4 nitrogen and oxygen atoms in total. The van der Waals surface area contributed by atoms with Crippen molar-refractivity contribution < 1.29 is 13.6 Å². The third-order valence-corrected chi connectivity index (χ3v) is 5.24. The molecular formula is C16H22ClF2N3OS. The van der Waals surface area contributed by atoms with E-state index in [9.17, 15) is 13.6 Å². The van der Waals surface area contributed by atoms with Crippen LogP contribution in [0.3, 0.4) is 0 Å². The Morgan fingerprint density at radius 2 is 1.92 bits per heavy atom. The first-order chi connectivity index (χ1) is 11.1. The summed E-state index contributed by atoms with van der Waals surface area (Å²) in [5, 5.41) is 3.33. The van der Waals surface area contributed by atoms with E-state index in [1.807, 2.05) is 0 Å². The molecule has 0 aromatic heterocycles. The zero-order valence-corrected chi connectivity index (χ0v) is 14.9. The number of piperazine rings is 1. The molecule has 1 unspecified atom stereocenters. The van der Waals surface area contributed by atoms with Gasteiger partial charge in [-0.15, -0.1) is 12.4 Å². The first-order valence-electron chi connectivity index (χ1n) is 7.93. The van der Waals surface area contributed by atoms with Crippen LogP contribution in [0.5, 0.6) is 0 Å². The number of carbonyl (C=O) groups excluding carboxylic acids is 1. The fourth-order valence-electron chi connectivity index (χ4n) is 3.28. The fraction of sp³-hybridized carbons (Fsp3) is 0.562. The molecule has 1 aromatic rings. The van der Waals surface area contributed by atoms with Crippen LogP contribution < -0.4 is 5.32 Å². The molecule has 1 N–H and O–H groups in total. The van der Waals surface area contributed by atoms with Gasteiger partial charge in [-0.05, 0) is 18.6 Å². The molecule has 0 radical (unpaired) electrons. The standard InChI is InChI=1S/C16H21F2N3OS.ClH/c17-16(18)23-14-4-2-1-3-13(14)15(22)21-8-5-12(11-21)20-9-6-19-7-10-20;/h1-4,12,16,19H,5-11H2;1H. The van der Waals surface area contributed by atoms with Crippen LogP contribution in [0.1, 0.15) is 16.8 Å². The number of rotatable bonds is 4. The van der Waals surface area contributed by atoms with Crippen LogP contribution in [-0.2, 0) is 0 Å². The maximum atomic E-state index is 12.7. The van der Waals surface area contributed by atoms with Crippen LogP contribution in [-0.4, -0.2) is 66.8 Å². The number of alkyl halides is 2. The van der Waals surface area contributed by atoms with Crippen molar-refractivity contribution in [3.63, 3.8) is 0 Å². The molecule has 1 atom stereocenters. The monoisotopic (exact) mass is 377 g/mol. The van der Waals surface area contributed by atoms with E-state index in [1.54, 1.807) is 29.2 Å². The molecule has 0 bridgehead atoms. The summed E-state index contributed by atoms with van der Waals surface area (Å²) >= 11 is 0.442. The van der Waals surface area contributed by atoms with E-state index >= 15 is 0 Å². The first kappa shape index (κ1) is 19.4. The van der Waals surface area contributed by atoms with Gasteiger partial charge in [0.25, 0.3) is 11.7 Å². The number of amides is 1. The third-order valence-electron chi connectivity index (χ3n) is 4.45. The Labute approximate surface area is 151 Å².